The molecule has 1 N–H and O–H groups in total. The Balaban J connectivity index is 1.78. The summed E-state index contributed by atoms with van der Waals surface area (Å²) in [5.74, 6) is -0.0558. The number of aliphatic hydroxyl groups excluding tert-OH is 1. The molecule has 0 aromatic heterocycles. The van der Waals surface area contributed by atoms with Crippen LogP contribution >= 0.6 is 0 Å². The molecule has 0 bridgehead atoms. The number of benzene rings is 1. The van der Waals surface area contributed by atoms with Gasteiger partial charge in [0.1, 0.15) is 0 Å². The zero-order valence-electron chi connectivity index (χ0n) is 9.63. The Labute approximate surface area is 99.5 Å². The van der Waals surface area contributed by atoms with E-state index in [-0.39, 0.29) is 12.0 Å². The average molecular weight is 238 g/mol. The summed E-state index contributed by atoms with van der Waals surface area (Å²) in [7, 11) is 0. The Kier molecular flexibility index (Phi) is 2.47. The van der Waals surface area contributed by atoms with Crippen LogP contribution in [0.4, 0.5) is 8.78 Å². The molecule has 3 heteroatoms. The smallest absolute Gasteiger partial charge is 0.159 e. The summed E-state index contributed by atoms with van der Waals surface area (Å²) in [5.41, 5.74) is 0.706. The molecule has 1 aromatic carbocycles. The van der Waals surface area contributed by atoms with Crippen molar-refractivity contribution in [3.8, 4) is 0 Å². The van der Waals surface area contributed by atoms with E-state index in [0.29, 0.717) is 6.42 Å². The molecule has 0 aliphatic heterocycles. The van der Waals surface area contributed by atoms with Crippen molar-refractivity contribution in [2.45, 2.75) is 25.7 Å². The largest absolute Gasteiger partial charge is 0.396 e. The van der Waals surface area contributed by atoms with Gasteiger partial charge >= 0.3 is 0 Å². The summed E-state index contributed by atoms with van der Waals surface area (Å²) >= 11 is 0. The van der Waals surface area contributed by atoms with Crippen molar-refractivity contribution in [1.29, 1.82) is 0 Å². The third-order valence-electron chi connectivity index (χ3n) is 4.36. The zero-order chi connectivity index (χ0) is 12.0. The lowest BCUT2D eigenvalue weighted by Crippen LogP contribution is -2.26. The van der Waals surface area contributed by atoms with Crippen LogP contribution < -0.4 is 0 Å². The van der Waals surface area contributed by atoms with Gasteiger partial charge in [-0.2, -0.15) is 0 Å². The van der Waals surface area contributed by atoms with Gasteiger partial charge in [-0.25, -0.2) is 8.78 Å². The van der Waals surface area contributed by atoms with Crippen molar-refractivity contribution in [3.63, 3.8) is 0 Å². The quantitative estimate of drug-likeness (QED) is 0.858. The molecule has 2 aliphatic rings. The minimum atomic E-state index is -0.805. The molecule has 2 atom stereocenters. The molecule has 0 spiro atoms. The van der Waals surface area contributed by atoms with E-state index in [1.54, 1.807) is 6.07 Å². The number of aliphatic hydroxyl groups is 1. The predicted molar refractivity (Wildman–Crippen MR) is 60.4 cm³/mol. The van der Waals surface area contributed by atoms with Gasteiger partial charge in [-0.15, -0.1) is 0 Å². The lowest BCUT2D eigenvalue weighted by atomic mass is 9.78. The molecular weight excluding hydrogens is 222 g/mol. The van der Waals surface area contributed by atoms with Crippen LogP contribution in [0.15, 0.2) is 18.2 Å². The molecular formula is C14H16F2O. The lowest BCUT2D eigenvalue weighted by Gasteiger charge is -2.28. The van der Waals surface area contributed by atoms with Gasteiger partial charge in [0.2, 0.25) is 0 Å². The van der Waals surface area contributed by atoms with Crippen LogP contribution in [0.25, 0.3) is 0 Å². The van der Waals surface area contributed by atoms with Crippen molar-refractivity contribution < 1.29 is 13.9 Å². The molecule has 2 saturated carbocycles. The zero-order valence-corrected chi connectivity index (χ0v) is 9.63. The molecule has 0 saturated heterocycles. The molecule has 1 aromatic rings. The second-order valence-electron chi connectivity index (χ2n) is 5.75. The highest BCUT2D eigenvalue weighted by molar-refractivity contribution is 5.21. The topological polar surface area (TPSA) is 20.2 Å². The van der Waals surface area contributed by atoms with Crippen LogP contribution in [0.3, 0.4) is 0 Å². The Bertz CT molecular complexity index is 434. The standard InChI is InChI=1S/C14H16F2O/c15-12-2-1-9(3-13(12)16)5-14(8-17)6-10-4-11(10)7-14/h1-3,10-11,17H,4-8H2. The number of rotatable bonds is 3. The van der Waals surface area contributed by atoms with Gasteiger partial charge in [-0.3, -0.25) is 0 Å². The maximum Gasteiger partial charge on any atom is 0.159 e. The van der Waals surface area contributed by atoms with Gasteiger partial charge in [0, 0.05) is 6.61 Å². The van der Waals surface area contributed by atoms with Crippen molar-refractivity contribution in [2.24, 2.45) is 17.3 Å². The SMILES string of the molecule is OCC1(Cc2ccc(F)c(F)c2)CC2CC2C1. The molecule has 1 nitrogen and oxygen atoms in total. The van der Waals surface area contributed by atoms with Gasteiger partial charge in [0.25, 0.3) is 0 Å². The molecule has 0 amide bonds. The van der Waals surface area contributed by atoms with Gasteiger partial charge in [-0.05, 0) is 60.6 Å². The maximum absolute atomic E-state index is 13.1. The van der Waals surface area contributed by atoms with E-state index in [0.717, 1.165) is 30.2 Å². The van der Waals surface area contributed by atoms with E-state index in [4.69, 9.17) is 0 Å². The van der Waals surface area contributed by atoms with E-state index in [2.05, 4.69) is 0 Å². The molecule has 2 fully saturated rings. The molecule has 0 heterocycles. The third kappa shape index (κ3) is 1.97. The highest BCUT2D eigenvalue weighted by atomic mass is 19.2. The van der Waals surface area contributed by atoms with Crippen molar-refractivity contribution >= 4 is 0 Å². The van der Waals surface area contributed by atoms with Gasteiger partial charge in [0.05, 0.1) is 0 Å². The number of halogens is 2. The second kappa shape index (κ2) is 3.77. The minimum absolute atomic E-state index is 0.0855. The highest BCUT2D eigenvalue weighted by Crippen LogP contribution is 2.60. The fraction of sp³-hybridized carbons (Fsp3) is 0.571. The monoisotopic (exact) mass is 238 g/mol. The van der Waals surface area contributed by atoms with E-state index < -0.39 is 11.6 Å². The van der Waals surface area contributed by atoms with Crippen LogP contribution in [-0.2, 0) is 6.42 Å². The number of hydrogen-bond acceptors (Lipinski definition) is 1. The van der Waals surface area contributed by atoms with Crippen LogP contribution in [0, 0.1) is 28.9 Å². The molecule has 17 heavy (non-hydrogen) atoms. The van der Waals surface area contributed by atoms with E-state index >= 15 is 0 Å². The average Bonchev–Trinajstić information content (AvgIpc) is 2.93. The summed E-state index contributed by atoms with van der Waals surface area (Å²) in [6.45, 7) is 0.152. The third-order valence-corrected chi connectivity index (χ3v) is 4.36. The first-order chi connectivity index (χ1) is 8.12. The predicted octanol–water partition coefficient (Wildman–Crippen LogP) is 2.92. The van der Waals surface area contributed by atoms with E-state index in [1.807, 2.05) is 0 Å². The van der Waals surface area contributed by atoms with Gasteiger partial charge in [0.15, 0.2) is 11.6 Å². The molecule has 0 radical (unpaired) electrons. The van der Waals surface area contributed by atoms with Crippen LogP contribution in [0.5, 0.6) is 0 Å². The van der Waals surface area contributed by atoms with E-state index in [9.17, 15) is 13.9 Å². The van der Waals surface area contributed by atoms with Gasteiger partial charge in [-0.1, -0.05) is 6.07 Å². The molecule has 3 rings (SSSR count). The Morgan fingerprint density at radius 3 is 2.47 bits per heavy atom. The Hall–Kier alpha value is -0.960. The first kappa shape index (κ1) is 11.1. The summed E-state index contributed by atoms with van der Waals surface area (Å²) in [6, 6.07) is 4.06. The lowest BCUT2D eigenvalue weighted by molar-refractivity contribution is 0.117. The summed E-state index contributed by atoms with van der Waals surface area (Å²) < 4.78 is 26.0. The van der Waals surface area contributed by atoms with Crippen LogP contribution in [-0.4, -0.2) is 11.7 Å². The second-order valence-corrected chi connectivity index (χ2v) is 5.75. The van der Waals surface area contributed by atoms with E-state index in [1.165, 1.54) is 18.6 Å². The first-order valence-corrected chi connectivity index (χ1v) is 6.17. The van der Waals surface area contributed by atoms with Crippen molar-refractivity contribution in [1.82, 2.24) is 0 Å². The van der Waals surface area contributed by atoms with Crippen LogP contribution in [0.2, 0.25) is 0 Å². The fourth-order valence-corrected chi connectivity index (χ4v) is 3.42. The van der Waals surface area contributed by atoms with Gasteiger partial charge < -0.3 is 5.11 Å². The number of fused-ring (bicyclic) bond motifs is 1. The van der Waals surface area contributed by atoms with Crippen molar-refractivity contribution in [3.05, 3.63) is 35.4 Å². The van der Waals surface area contributed by atoms with Crippen molar-refractivity contribution in [2.75, 3.05) is 6.61 Å². The fourth-order valence-electron chi connectivity index (χ4n) is 3.42. The Morgan fingerprint density at radius 1 is 1.18 bits per heavy atom. The number of hydrogen-bond donors (Lipinski definition) is 1. The Morgan fingerprint density at radius 2 is 1.88 bits per heavy atom. The molecule has 92 valence electrons. The highest BCUT2D eigenvalue weighted by Gasteiger charge is 2.53. The summed E-state index contributed by atoms with van der Waals surface area (Å²) in [4.78, 5) is 0. The first-order valence-electron chi connectivity index (χ1n) is 6.17. The normalized spacial score (nSPS) is 34.8. The van der Waals surface area contributed by atoms with Crippen LogP contribution in [0.1, 0.15) is 24.8 Å². The summed E-state index contributed by atoms with van der Waals surface area (Å²) in [6.07, 6.45) is 4.02. The minimum Gasteiger partial charge on any atom is -0.396 e. The molecule has 2 unspecified atom stereocenters. The summed E-state index contributed by atoms with van der Waals surface area (Å²) in [5, 5.41) is 9.57. The maximum atomic E-state index is 13.1. The molecule has 2 aliphatic carbocycles.